The number of hydrogen-bond donors (Lipinski definition) is 15. The third-order valence-corrected chi connectivity index (χ3v) is 17.4. The zero-order chi connectivity index (χ0) is 67.1. The van der Waals surface area contributed by atoms with Crippen LogP contribution in [0.2, 0.25) is 0 Å². The van der Waals surface area contributed by atoms with Crippen LogP contribution in [-0.2, 0) is 80.1 Å². The molecule has 0 saturated carbocycles. The SMILES string of the molecule is CC[C@H](C)[C@@H]1NC(=O)CNC(=O)[C@@H]2CCc3c([nH]c4ccccc34)SC[C@H](NC(=O)CNC1=O)C(=O)N[C@@H](CC(=O)NCc1ccc(NC(=O)[C@H](C)NC(=O)[C@H](C)NC(=O)CCN3C(=O)C=CC3=O)cc1)C(=O)N1C[C@H](O)C[C@H]1C(=O)N[C@@H]([C@@H](C)[C@@H](O)CO)C(=O)N2. The van der Waals surface area contributed by atoms with Gasteiger partial charge in [-0.1, -0.05) is 57.5 Å². The highest BCUT2D eigenvalue weighted by atomic mass is 32.2. The van der Waals surface area contributed by atoms with E-state index in [1.807, 2.05) is 0 Å². The Kier molecular flexibility index (Phi) is 24.5. The third-order valence-electron chi connectivity index (χ3n) is 16.3. The minimum absolute atomic E-state index is 0.0324. The maximum Gasteiger partial charge on any atom is 0.253 e. The van der Waals surface area contributed by atoms with Crippen molar-refractivity contribution in [2.45, 2.75) is 145 Å². The van der Waals surface area contributed by atoms with Gasteiger partial charge in [0.1, 0.15) is 48.3 Å². The lowest BCUT2D eigenvalue weighted by Gasteiger charge is -2.32. The first-order valence-corrected chi connectivity index (χ1v) is 31.1. The smallest absolute Gasteiger partial charge is 0.253 e. The van der Waals surface area contributed by atoms with Crippen LogP contribution in [0.25, 0.3) is 10.9 Å². The van der Waals surface area contributed by atoms with Crippen LogP contribution in [0.15, 0.2) is 65.7 Å². The van der Waals surface area contributed by atoms with Crippen LogP contribution in [0.1, 0.15) is 77.8 Å². The number of aryl methyl sites for hydroxylation is 1. The summed E-state index contributed by atoms with van der Waals surface area (Å²) in [6.45, 7) is 4.36. The van der Waals surface area contributed by atoms with E-state index in [2.05, 4.69) is 63.5 Å². The average molecular weight is 1300 g/mol. The fraction of sp³-hybridized carbons (Fsp3) is 0.500. The lowest BCUT2D eigenvalue weighted by Crippen LogP contribution is -2.61. The number of carbonyl (C=O) groups is 14. The third kappa shape index (κ3) is 18.5. The van der Waals surface area contributed by atoms with Crippen LogP contribution in [0.3, 0.4) is 0 Å². The summed E-state index contributed by atoms with van der Waals surface area (Å²) in [7, 11) is 0. The van der Waals surface area contributed by atoms with Crippen molar-refractivity contribution >= 4 is 111 Å². The largest absolute Gasteiger partial charge is 0.394 e. The molecular formula is C60H78N14O17S. The van der Waals surface area contributed by atoms with E-state index >= 15 is 4.79 Å². The van der Waals surface area contributed by atoms with Gasteiger partial charge in [0.25, 0.3) is 11.8 Å². The minimum atomic E-state index is -1.84. The summed E-state index contributed by atoms with van der Waals surface area (Å²) in [6, 6.07) is 1.50. The molecule has 3 aromatic rings. The van der Waals surface area contributed by atoms with Gasteiger partial charge in [0, 0.05) is 72.9 Å². The normalized spacial score (nSPS) is 23.9. The van der Waals surface area contributed by atoms with E-state index in [-0.39, 0.29) is 43.8 Å². The number of rotatable bonds is 17. The molecule has 0 spiro atoms. The van der Waals surface area contributed by atoms with E-state index in [9.17, 15) is 77.6 Å². The topological polar surface area (TPSA) is 454 Å². The van der Waals surface area contributed by atoms with Gasteiger partial charge >= 0.3 is 0 Å². The molecular weight excluding hydrogens is 1220 g/mol. The molecule has 0 aliphatic carbocycles. The van der Waals surface area contributed by atoms with Gasteiger partial charge in [-0.25, -0.2) is 0 Å². The number of carbonyl (C=O) groups excluding carboxylic acids is 14. The van der Waals surface area contributed by atoms with Crippen LogP contribution >= 0.6 is 11.8 Å². The molecule has 0 radical (unpaired) electrons. The number of nitrogens with one attached hydrogen (secondary N) is 12. The number of fused-ring (bicyclic) bond motifs is 6. The van der Waals surface area contributed by atoms with Crippen LogP contribution in [0.4, 0.5) is 5.69 Å². The van der Waals surface area contributed by atoms with Gasteiger partial charge in [-0.15, -0.1) is 11.8 Å². The molecule has 1 fully saturated rings. The molecule has 4 aliphatic rings. The van der Waals surface area contributed by atoms with Crippen molar-refractivity contribution in [1.82, 2.24) is 68.0 Å². The zero-order valence-corrected chi connectivity index (χ0v) is 52.1. The Bertz CT molecular complexity index is 3340. The highest BCUT2D eigenvalue weighted by Gasteiger charge is 2.45. The highest BCUT2D eigenvalue weighted by Crippen LogP contribution is 2.32. The minimum Gasteiger partial charge on any atom is -0.394 e. The molecule has 1 aromatic heterocycles. The molecule has 0 unspecified atom stereocenters. The number of imide groups is 1. The predicted molar refractivity (Wildman–Crippen MR) is 328 cm³/mol. The average Bonchev–Trinajstić information content (AvgIpc) is 1.89. The standard InChI is InChI=1S/C60H78N14O17S/c1-6-29(2)50-57(89)63-24-46(80)67-41-28-92-59-37(36-9-7-8-10-38(36)70-59)15-16-39(54(86)62-25-47(81)71-50)68-58(90)51(30(3)43(77)27-75)72-56(88)42-21-35(76)26-74(42)60(91)40(69-55(41)87)22-45(79)61-23-33-11-13-34(14-12-33)66-53(85)32(5)65-52(84)31(4)64-44(78)19-20-73-48(82)17-18-49(73)83/h7-14,17-18,29-32,35,39-43,50-51,70,75-77H,6,15-16,19-28H2,1-5H3,(H,61,79)(H,62,86)(H,63,89)(H,64,78)(H,65,84)(H,66,85)(H,67,80)(H,68,90)(H,69,87)(H,71,81)(H,72,88)/t29-,30-,31-,32-,35+,39-,40-,41-,42-,43-,50-,51-/m0/s1. The number of anilines is 1. The molecule has 92 heavy (non-hydrogen) atoms. The summed E-state index contributed by atoms with van der Waals surface area (Å²) in [4.78, 5) is 196. The van der Waals surface area contributed by atoms with Crippen molar-refractivity contribution in [2.24, 2.45) is 11.8 Å². The maximum absolute atomic E-state index is 15.0. The van der Waals surface area contributed by atoms with Crippen molar-refractivity contribution < 1.29 is 82.4 Å². The van der Waals surface area contributed by atoms with Crippen molar-refractivity contribution in [1.29, 1.82) is 0 Å². The molecule has 2 aromatic carbocycles. The van der Waals surface area contributed by atoms with Gasteiger partial charge < -0.3 is 83.7 Å². The summed E-state index contributed by atoms with van der Waals surface area (Å²) in [5.74, 6) is -13.5. The lowest BCUT2D eigenvalue weighted by molar-refractivity contribution is -0.144. The fourth-order valence-electron chi connectivity index (χ4n) is 10.6. The molecule has 12 atom stereocenters. The Morgan fingerprint density at radius 1 is 0.717 bits per heavy atom. The summed E-state index contributed by atoms with van der Waals surface area (Å²) >= 11 is 1.06. The van der Waals surface area contributed by atoms with E-state index in [0.717, 1.165) is 33.7 Å². The molecule has 14 amide bonds. The number of H-pyrrole nitrogens is 1. The van der Waals surface area contributed by atoms with Gasteiger partial charge in [0.05, 0.1) is 43.4 Å². The van der Waals surface area contributed by atoms with Gasteiger partial charge in [0.2, 0.25) is 70.9 Å². The molecule has 4 aliphatic heterocycles. The number of benzene rings is 2. The summed E-state index contributed by atoms with van der Waals surface area (Å²) in [5, 5.41) is 61.5. The molecule has 5 heterocycles. The first-order valence-electron chi connectivity index (χ1n) is 30.1. The van der Waals surface area contributed by atoms with Crippen molar-refractivity contribution in [2.75, 3.05) is 43.9 Å². The second-order valence-corrected chi connectivity index (χ2v) is 24.1. The number of aliphatic hydroxyl groups excluding tert-OH is 3. The Morgan fingerprint density at radius 3 is 2.07 bits per heavy atom. The lowest BCUT2D eigenvalue weighted by atomic mass is 9.94. The van der Waals surface area contributed by atoms with Crippen molar-refractivity contribution in [3.05, 3.63) is 71.8 Å². The van der Waals surface area contributed by atoms with Crippen LogP contribution < -0.4 is 58.5 Å². The zero-order valence-electron chi connectivity index (χ0n) is 51.3. The van der Waals surface area contributed by atoms with Gasteiger partial charge in [0.15, 0.2) is 0 Å². The van der Waals surface area contributed by atoms with Gasteiger partial charge in [-0.3, -0.25) is 72.0 Å². The predicted octanol–water partition coefficient (Wildman–Crippen LogP) is -4.16. The highest BCUT2D eigenvalue weighted by molar-refractivity contribution is 7.99. The van der Waals surface area contributed by atoms with Crippen molar-refractivity contribution in [3.8, 4) is 0 Å². The first-order chi connectivity index (χ1) is 43.7. The number of para-hydroxylation sites is 1. The van der Waals surface area contributed by atoms with E-state index in [1.165, 1.54) is 32.9 Å². The molecule has 31 nitrogen and oxygen atoms in total. The number of aromatic nitrogens is 1. The van der Waals surface area contributed by atoms with Crippen LogP contribution in [0, 0.1) is 11.8 Å². The van der Waals surface area contributed by atoms with E-state index in [1.54, 1.807) is 50.2 Å². The van der Waals surface area contributed by atoms with E-state index in [0.29, 0.717) is 33.5 Å². The Labute approximate surface area is 532 Å². The van der Waals surface area contributed by atoms with Crippen molar-refractivity contribution in [3.63, 3.8) is 0 Å². The van der Waals surface area contributed by atoms with E-state index in [4.69, 9.17) is 0 Å². The molecule has 15 N–H and O–H groups in total. The molecule has 7 rings (SSSR count). The number of amides is 14. The number of hydrogen-bond acceptors (Lipinski definition) is 18. The van der Waals surface area contributed by atoms with Gasteiger partial charge in [-0.2, -0.15) is 0 Å². The number of aromatic amines is 1. The Hall–Kier alpha value is -9.27. The molecule has 32 heteroatoms. The fourth-order valence-corrected chi connectivity index (χ4v) is 11.7. The van der Waals surface area contributed by atoms with Crippen LogP contribution in [0.5, 0.6) is 0 Å². The summed E-state index contributed by atoms with van der Waals surface area (Å²) < 4.78 is 0. The summed E-state index contributed by atoms with van der Waals surface area (Å²) in [5.41, 5.74) is 1.95. The second-order valence-electron chi connectivity index (χ2n) is 23.0. The molecule has 1 saturated heterocycles. The number of thioether (sulfide) groups is 1. The summed E-state index contributed by atoms with van der Waals surface area (Å²) in [6.07, 6.45) is -2.12. The Balaban J connectivity index is 1.14. The first kappa shape index (κ1) is 70.2. The quantitative estimate of drug-likeness (QED) is 0.0571. The monoisotopic (exact) mass is 1300 g/mol. The number of aliphatic hydroxyl groups is 3. The maximum atomic E-state index is 15.0. The second kappa shape index (κ2) is 32.1. The Morgan fingerprint density at radius 2 is 1.38 bits per heavy atom. The molecule has 2 bridgehead atoms. The number of nitrogens with zero attached hydrogens (tertiary/aromatic N) is 2. The van der Waals surface area contributed by atoms with E-state index < -0.39 is 194 Å². The van der Waals surface area contributed by atoms with Crippen LogP contribution in [-0.4, -0.2) is 212 Å². The molecule has 496 valence electrons. The van der Waals surface area contributed by atoms with Gasteiger partial charge in [-0.05, 0) is 61.9 Å².